The molecule has 0 aliphatic rings. The molecular formula is C15H11ClN4. The Hall–Kier alpha value is -2.46. The van der Waals surface area contributed by atoms with Gasteiger partial charge in [0, 0.05) is 16.8 Å². The fourth-order valence-corrected chi connectivity index (χ4v) is 2.58. The summed E-state index contributed by atoms with van der Waals surface area (Å²) in [6, 6.07) is 15.6. The Balaban J connectivity index is 1.99. The van der Waals surface area contributed by atoms with Crippen LogP contribution in [0.2, 0.25) is 5.02 Å². The summed E-state index contributed by atoms with van der Waals surface area (Å²) in [6.45, 7) is 0. The molecule has 0 fully saturated rings. The molecule has 4 nitrogen and oxygen atoms in total. The minimum absolute atomic E-state index is 0.714. The molecule has 20 heavy (non-hydrogen) atoms. The fourth-order valence-electron chi connectivity index (χ4n) is 2.46. The summed E-state index contributed by atoms with van der Waals surface area (Å²) >= 11 is 5.91. The van der Waals surface area contributed by atoms with Crippen molar-refractivity contribution in [2.24, 2.45) is 0 Å². The van der Waals surface area contributed by atoms with Gasteiger partial charge in [-0.3, -0.25) is 4.40 Å². The Kier molecular flexibility index (Phi) is 2.28. The molecule has 2 N–H and O–H groups in total. The molecule has 0 unspecified atom stereocenters. The highest BCUT2D eigenvalue weighted by molar-refractivity contribution is 6.30. The first-order valence-electron chi connectivity index (χ1n) is 6.23. The largest absolute Gasteiger partial charge is 0.336 e. The molecule has 0 aliphatic carbocycles. The highest BCUT2D eigenvalue weighted by Gasteiger charge is 2.12. The smallest absolute Gasteiger partial charge is 0.234 e. The van der Waals surface area contributed by atoms with Crippen LogP contribution in [-0.2, 0) is 0 Å². The van der Waals surface area contributed by atoms with Crippen molar-refractivity contribution in [2.75, 3.05) is 5.84 Å². The van der Waals surface area contributed by atoms with E-state index in [1.807, 2.05) is 59.1 Å². The molecule has 0 bridgehead atoms. The Morgan fingerprint density at radius 3 is 2.40 bits per heavy atom. The molecule has 0 amide bonds. The van der Waals surface area contributed by atoms with Gasteiger partial charge < -0.3 is 5.84 Å². The number of fused-ring (bicyclic) bond motifs is 3. The minimum Gasteiger partial charge on any atom is -0.336 e. The number of benzene rings is 2. The van der Waals surface area contributed by atoms with Gasteiger partial charge >= 0.3 is 0 Å². The van der Waals surface area contributed by atoms with Crippen LogP contribution >= 0.6 is 11.6 Å². The summed E-state index contributed by atoms with van der Waals surface area (Å²) in [5.41, 5.74) is 3.89. The first kappa shape index (κ1) is 11.4. The van der Waals surface area contributed by atoms with Crippen molar-refractivity contribution in [1.29, 1.82) is 0 Å². The standard InChI is InChI=1S/C15H11ClN4/c16-11-7-5-10(6-8-11)12-9-19-13-3-1-2-4-14(13)20(17)15(19)18-12/h1-9H,17H2. The number of hydrogen-bond donors (Lipinski definition) is 1. The van der Waals surface area contributed by atoms with Gasteiger partial charge in [-0.05, 0) is 24.3 Å². The lowest BCUT2D eigenvalue weighted by Gasteiger charge is -1.97. The van der Waals surface area contributed by atoms with E-state index < -0.39 is 0 Å². The van der Waals surface area contributed by atoms with E-state index in [2.05, 4.69) is 4.98 Å². The predicted molar refractivity (Wildman–Crippen MR) is 81.3 cm³/mol. The number of nitrogens with two attached hydrogens (primary N) is 1. The van der Waals surface area contributed by atoms with Gasteiger partial charge in [-0.15, -0.1) is 0 Å². The van der Waals surface area contributed by atoms with Gasteiger partial charge in [-0.25, -0.2) is 9.66 Å². The molecule has 2 aromatic carbocycles. The second-order valence-electron chi connectivity index (χ2n) is 4.66. The number of aromatic nitrogens is 3. The zero-order chi connectivity index (χ0) is 13.7. The third-order valence-electron chi connectivity index (χ3n) is 3.44. The number of para-hydroxylation sites is 2. The van der Waals surface area contributed by atoms with Gasteiger partial charge in [-0.1, -0.05) is 35.9 Å². The average Bonchev–Trinajstić information content (AvgIpc) is 3.01. The number of nitrogens with zero attached hydrogens (tertiary/aromatic N) is 3. The third kappa shape index (κ3) is 1.52. The molecule has 0 aliphatic heterocycles. The van der Waals surface area contributed by atoms with Crippen LogP contribution in [0.4, 0.5) is 0 Å². The van der Waals surface area contributed by atoms with Gasteiger partial charge in [0.2, 0.25) is 5.78 Å². The predicted octanol–water partition coefficient (Wildman–Crippen LogP) is 3.32. The van der Waals surface area contributed by atoms with Crippen molar-refractivity contribution in [3.63, 3.8) is 0 Å². The summed E-state index contributed by atoms with van der Waals surface area (Å²) in [5.74, 6) is 6.82. The molecular weight excluding hydrogens is 272 g/mol. The van der Waals surface area contributed by atoms with Gasteiger partial charge in [0.1, 0.15) is 0 Å². The third-order valence-corrected chi connectivity index (χ3v) is 3.70. The normalized spacial score (nSPS) is 11.4. The van der Waals surface area contributed by atoms with Crippen LogP contribution < -0.4 is 5.84 Å². The molecule has 2 aromatic heterocycles. The lowest BCUT2D eigenvalue weighted by molar-refractivity contribution is 1.05. The maximum absolute atomic E-state index is 6.10. The second-order valence-corrected chi connectivity index (χ2v) is 5.10. The molecule has 5 heteroatoms. The van der Waals surface area contributed by atoms with Crippen LogP contribution in [0.15, 0.2) is 54.7 Å². The van der Waals surface area contributed by atoms with E-state index in [9.17, 15) is 0 Å². The Bertz CT molecular complexity index is 918. The topological polar surface area (TPSA) is 48.2 Å². The maximum Gasteiger partial charge on any atom is 0.234 e. The Morgan fingerprint density at radius 1 is 0.950 bits per heavy atom. The first-order valence-corrected chi connectivity index (χ1v) is 6.61. The van der Waals surface area contributed by atoms with Crippen molar-refractivity contribution >= 4 is 28.4 Å². The van der Waals surface area contributed by atoms with Gasteiger partial charge in [0.25, 0.3) is 0 Å². The second kappa shape index (κ2) is 4.02. The van der Waals surface area contributed by atoms with E-state index in [0.29, 0.717) is 5.02 Å². The summed E-state index contributed by atoms with van der Waals surface area (Å²) in [5, 5.41) is 0.714. The Labute approximate surface area is 120 Å². The van der Waals surface area contributed by atoms with Crippen LogP contribution in [0.5, 0.6) is 0 Å². The summed E-state index contributed by atoms with van der Waals surface area (Å²) < 4.78 is 3.61. The van der Waals surface area contributed by atoms with E-state index >= 15 is 0 Å². The van der Waals surface area contributed by atoms with Crippen molar-refractivity contribution < 1.29 is 0 Å². The summed E-state index contributed by atoms with van der Waals surface area (Å²) in [7, 11) is 0. The number of imidazole rings is 2. The molecule has 4 aromatic rings. The number of nitrogen functional groups attached to an aromatic ring is 1. The molecule has 0 spiro atoms. The van der Waals surface area contributed by atoms with Gasteiger partial charge in [0.05, 0.1) is 16.7 Å². The number of rotatable bonds is 1. The maximum atomic E-state index is 6.10. The lowest BCUT2D eigenvalue weighted by atomic mass is 10.2. The van der Waals surface area contributed by atoms with E-state index in [0.717, 1.165) is 28.1 Å². The Morgan fingerprint density at radius 2 is 1.65 bits per heavy atom. The van der Waals surface area contributed by atoms with E-state index in [4.69, 9.17) is 17.4 Å². The zero-order valence-corrected chi connectivity index (χ0v) is 11.2. The highest BCUT2D eigenvalue weighted by Crippen LogP contribution is 2.24. The van der Waals surface area contributed by atoms with E-state index in [1.54, 1.807) is 4.68 Å². The molecule has 0 saturated carbocycles. The summed E-state index contributed by atoms with van der Waals surface area (Å²) in [4.78, 5) is 4.61. The monoisotopic (exact) mass is 282 g/mol. The zero-order valence-electron chi connectivity index (χ0n) is 10.5. The number of hydrogen-bond acceptors (Lipinski definition) is 2. The fraction of sp³-hybridized carbons (Fsp3) is 0. The highest BCUT2D eigenvalue weighted by atomic mass is 35.5. The molecule has 2 heterocycles. The van der Waals surface area contributed by atoms with E-state index in [1.165, 1.54) is 0 Å². The SMILES string of the molecule is Nn1c2ccccc2n2cc(-c3ccc(Cl)cc3)nc12. The molecule has 4 rings (SSSR count). The van der Waals surface area contributed by atoms with Gasteiger partial charge in [0.15, 0.2) is 0 Å². The van der Waals surface area contributed by atoms with Crippen molar-refractivity contribution in [1.82, 2.24) is 14.1 Å². The van der Waals surface area contributed by atoms with Crippen LogP contribution in [-0.4, -0.2) is 14.1 Å². The first-order chi connectivity index (χ1) is 9.74. The lowest BCUT2D eigenvalue weighted by Crippen LogP contribution is -2.07. The number of halogens is 1. The summed E-state index contributed by atoms with van der Waals surface area (Å²) in [6.07, 6.45) is 1.99. The molecule has 98 valence electrons. The van der Waals surface area contributed by atoms with Crippen LogP contribution in [0.1, 0.15) is 0 Å². The molecule has 0 atom stereocenters. The van der Waals surface area contributed by atoms with Crippen molar-refractivity contribution in [2.45, 2.75) is 0 Å². The molecule has 0 saturated heterocycles. The van der Waals surface area contributed by atoms with E-state index in [-0.39, 0.29) is 0 Å². The van der Waals surface area contributed by atoms with Crippen molar-refractivity contribution in [3.05, 3.63) is 59.8 Å². The average molecular weight is 283 g/mol. The van der Waals surface area contributed by atoms with Crippen molar-refractivity contribution in [3.8, 4) is 11.3 Å². The van der Waals surface area contributed by atoms with Gasteiger partial charge in [-0.2, -0.15) is 0 Å². The van der Waals surface area contributed by atoms with Crippen LogP contribution in [0, 0.1) is 0 Å². The minimum atomic E-state index is 0.714. The quantitative estimate of drug-likeness (QED) is 0.545. The molecule has 0 radical (unpaired) electrons. The van der Waals surface area contributed by atoms with Crippen LogP contribution in [0.25, 0.3) is 28.1 Å². The van der Waals surface area contributed by atoms with Crippen LogP contribution in [0.3, 0.4) is 0 Å².